The van der Waals surface area contributed by atoms with Crippen molar-refractivity contribution in [1.29, 1.82) is 0 Å². The number of anilines is 1. The maximum atomic E-state index is 13.6. The van der Waals surface area contributed by atoms with Crippen LogP contribution < -0.4 is 15.4 Å². The molecule has 0 aliphatic carbocycles. The summed E-state index contributed by atoms with van der Waals surface area (Å²) in [5.41, 5.74) is 2.39. The van der Waals surface area contributed by atoms with E-state index in [1.165, 1.54) is 18.3 Å². The van der Waals surface area contributed by atoms with Crippen LogP contribution in [-0.2, 0) is 9.59 Å². The van der Waals surface area contributed by atoms with E-state index in [9.17, 15) is 14.0 Å². The number of rotatable bonds is 4. The van der Waals surface area contributed by atoms with Crippen LogP contribution in [0.2, 0.25) is 0 Å². The van der Waals surface area contributed by atoms with E-state index in [4.69, 9.17) is 4.74 Å². The summed E-state index contributed by atoms with van der Waals surface area (Å²) in [4.78, 5) is 24.7. The number of carbonyl (C=O) groups is 2. The van der Waals surface area contributed by atoms with Gasteiger partial charge in [0.2, 0.25) is 5.91 Å². The van der Waals surface area contributed by atoms with E-state index >= 15 is 0 Å². The normalized spacial score (nSPS) is 16.4. The van der Waals surface area contributed by atoms with E-state index in [1.807, 2.05) is 13.0 Å². The number of carbonyl (C=O) groups excluding carboxylic acids is 2. The average Bonchev–Trinajstić information content (AvgIpc) is 2.63. The monoisotopic (exact) mass is 432 g/mol. The van der Waals surface area contributed by atoms with Crippen molar-refractivity contribution >= 4 is 33.4 Å². The maximum absolute atomic E-state index is 13.6. The van der Waals surface area contributed by atoms with E-state index in [2.05, 4.69) is 26.6 Å². The summed E-state index contributed by atoms with van der Waals surface area (Å²) in [6.07, 6.45) is 1.46. The molecule has 2 N–H and O–H groups in total. The zero-order valence-electron chi connectivity index (χ0n) is 14.8. The minimum Gasteiger partial charge on any atom is -0.496 e. The van der Waals surface area contributed by atoms with E-state index in [-0.39, 0.29) is 18.2 Å². The standard InChI is InChI=1S/C20H18BrFN2O3/c1-11-6-16(21)17(9-18(11)27-2)24-20(26)15-10-23-19(25)8-14(15)12-4-3-5-13(22)7-12/h3-7,9-10,14H,8H2,1-2H3,(H,23,25)(H,24,26). The molecule has 1 unspecified atom stereocenters. The molecule has 0 saturated heterocycles. The number of hydrogen-bond acceptors (Lipinski definition) is 3. The second kappa shape index (κ2) is 7.92. The fourth-order valence-electron chi connectivity index (χ4n) is 3.02. The molecular formula is C20H18BrFN2O3. The smallest absolute Gasteiger partial charge is 0.253 e. The number of ether oxygens (including phenoxy) is 1. The van der Waals surface area contributed by atoms with Gasteiger partial charge >= 0.3 is 0 Å². The van der Waals surface area contributed by atoms with Crippen molar-refractivity contribution in [2.24, 2.45) is 0 Å². The lowest BCUT2D eigenvalue weighted by molar-refractivity contribution is -0.121. The molecule has 2 amide bonds. The predicted molar refractivity (Wildman–Crippen MR) is 104 cm³/mol. The zero-order valence-corrected chi connectivity index (χ0v) is 16.4. The van der Waals surface area contributed by atoms with Gasteiger partial charge in [-0.25, -0.2) is 4.39 Å². The Morgan fingerprint density at radius 1 is 1.33 bits per heavy atom. The Morgan fingerprint density at radius 3 is 2.81 bits per heavy atom. The van der Waals surface area contributed by atoms with Gasteiger partial charge < -0.3 is 15.4 Å². The summed E-state index contributed by atoms with van der Waals surface area (Å²) >= 11 is 3.43. The minimum absolute atomic E-state index is 0.0705. The first kappa shape index (κ1) is 19.1. The summed E-state index contributed by atoms with van der Waals surface area (Å²) in [6, 6.07) is 9.50. The average molecular weight is 433 g/mol. The van der Waals surface area contributed by atoms with Crippen molar-refractivity contribution in [3.8, 4) is 5.75 Å². The lowest BCUT2D eigenvalue weighted by Crippen LogP contribution is -2.32. The van der Waals surface area contributed by atoms with Crippen LogP contribution in [0.3, 0.4) is 0 Å². The van der Waals surface area contributed by atoms with Crippen molar-refractivity contribution in [2.45, 2.75) is 19.3 Å². The van der Waals surface area contributed by atoms with Crippen LogP contribution in [0.1, 0.15) is 23.5 Å². The van der Waals surface area contributed by atoms with Gasteiger partial charge in [0.15, 0.2) is 0 Å². The summed E-state index contributed by atoms with van der Waals surface area (Å²) in [5.74, 6) is -0.902. The minimum atomic E-state index is -0.527. The van der Waals surface area contributed by atoms with Crippen LogP contribution in [-0.4, -0.2) is 18.9 Å². The van der Waals surface area contributed by atoms with Crippen LogP contribution in [0, 0.1) is 12.7 Å². The fourth-order valence-corrected chi connectivity index (χ4v) is 3.58. The van der Waals surface area contributed by atoms with Gasteiger partial charge in [0.05, 0.1) is 12.8 Å². The van der Waals surface area contributed by atoms with Crippen LogP contribution in [0.15, 0.2) is 52.6 Å². The molecule has 0 fully saturated rings. The molecule has 140 valence electrons. The molecule has 2 aromatic carbocycles. The highest BCUT2D eigenvalue weighted by molar-refractivity contribution is 9.10. The number of aryl methyl sites for hydroxylation is 1. The predicted octanol–water partition coefficient (Wildman–Crippen LogP) is 4.03. The molecule has 1 aliphatic rings. The Kier molecular flexibility index (Phi) is 5.60. The molecule has 7 heteroatoms. The van der Waals surface area contributed by atoms with Gasteiger partial charge in [-0.15, -0.1) is 0 Å². The highest BCUT2D eigenvalue weighted by Gasteiger charge is 2.29. The summed E-state index contributed by atoms with van der Waals surface area (Å²) in [7, 11) is 1.56. The maximum Gasteiger partial charge on any atom is 0.253 e. The molecule has 2 aromatic rings. The molecule has 3 rings (SSSR count). The Labute approximate surface area is 164 Å². The third-order valence-corrected chi connectivity index (χ3v) is 5.06. The summed E-state index contributed by atoms with van der Waals surface area (Å²) in [6.45, 7) is 1.90. The van der Waals surface area contributed by atoms with Crippen molar-refractivity contribution in [3.63, 3.8) is 0 Å². The van der Waals surface area contributed by atoms with Crippen molar-refractivity contribution < 1.29 is 18.7 Å². The van der Waals surface area contributed by atoms with Gasteiger partial charge in [0.1, 0.15) is 11.6 Å². The molecule has 0 saturated carbocycles. The Bertz CT molecular complexity index is 943. The first-order valence-electron chi connectivity index (χ1n) is 8.29. The highest BCUT2D eigenvalue weighted by Crippen LogP contribution is 2.34. The number of amides is 2. The largest absolute Gasteiger partial charge is 0.496 e. The molecule has 1 atom stereocenters. The van der Waals surface area contributed by atoms with E-state index in [0.717, 1.165) is 5.56 Å². The van der Waals surface area contributed by atoms with Gasteiger partial charge in [0, 0.05) is 34.7 Å². The Balaban J connectivity index is 1.91. The third kappa shape index (κ3) is 4.19. The molecule has 1 heterocycles. The number of nitrogens with one attached hydrogen (secondary N) is 2. The number of methoxy groups -OCH3 is 1. The lowest BCUT2D eigenvalue weighted by atomic mass is 9.86. The zero-order chi connectivity index (χ0) is 19.6. The van der Waals surface area contributed by atoms with Gasteiger partial charge in [0.25, 0.3) is 5.91 Å². The Morgan fingerprint density at radius 2 is 2.11 bits per heavy atom. The van der Waals surface area contributed by atoms with Crippen LogP contribution in [0.25, 0.3) is 0 Å². The second-order valence-corrected chi connectivity index (χ2v) is 7.09. The third-order valence-electron chi connectivity index (χ3n) is 4.40. The van der Waals surface area contributed by atoms with E-state index in [1.54, 1.807) is 25.3 Å². The Hall–Kier alpha value is -2.67. The molecule has 27 heavy (non-hydrogen) atoms. The molecular weight excluding hydrogens is 415 g/mol. The van der Waals surface area contributed by atoms with E-state index in [0.29, 0.717) is 27.0 Å². The van der Waals surface area contributed by atoms with Crippen molar-refractivity contribution in [3.05, 3.63) is 69.6 Å². The molecule has 0 aromatic heterocycles. The van der Waals surface area contributed by atoms with Gasteiger partial charge in [-0.1, -0.05) is 12.1 Å². The fraction of sp³-hybridized carbons (Fsp3) is 0.200. The number of benzene rings is 2. The van der Waals surface area contributed by atoms with Gasteiger partial charge in [-0.3, -0.25) is 9.59 Å². The van der Waals surface area contributed by atoms with Crippen molar-refractivity contribution in [1.82, 2.24) is 5.32 Å². The number of halogens is 2. The van der Waals surface area contributed by atoms with Crippen LogP contribution in [0.4, 0.5) is 10.1 Å². The molecule has 0 spiro atoms. The topological polar surface area (TPSA) is 67.4 Å². The second-order valence-electron chi connectivity index (χ2n) is 6.23. The first-order valence-corrected chi connectivity index (χ1v) is 9.08. The highest BCUT2D eigenvalue weighted by atomic mass is 79.9. The molecule has 1 aliphatic heterocycles. The van der Waals surface area contributed by atoms with Gasteiger partial charge in [-0.05, 0) is 52.2 Å². The summed E-state index contributed by atoms with van der Waals surface area (Å²) in [5, 5.41) is 5.40. The van der Waals surface area contributed by atoms with Crippen molar-refractivity contribution in [2.75, 3.05) is 12.4 Å². The quantitative estimate of drug-likeness (QED) is 0.765. The lowest BCUT2D eigenvalue weighted by Gasteiger charge is -2.24. The molecule has 5 nitrogen and oxygen atoms in total. The van der Waals surface area contributed by atoms with E-state index < -0.39 is 11.7 Å². The number of hydrogen-bond donors (Lipinski definition) is 2. The van der Waals surface area contributed by atoms with Crippen LogP contribution in [0.5, 0.6) is 5.75 Å². The van der Waals surface area contributed by atoms with Crippen LogP contribution >= 0.6 is 15.9 Å². The first-order chi connectivity index (χ1) is 12.9. The summed E-state index contributed by atoms with van der Waals surface area (Å²) < 4.78 is 19.6. The molecule has 0 radical (unpaired) electrons. The molecule has 0 bridgehead atoms. The van der Waals surface area contributed by atoms with Gasteiger partial charge in [-0.2, -0.15) is 0 Å². The SMILES string of the molecule is COc1cc(NC(=O)C2=CNC(=O)CC2c2cccc(F)c2)c(Br)cc1C.